The molecule has 1 aliphatic heterocycles. The lowest BCUT2D eigenvalue weighted by atomic mass is 10.1. The van der Waals surface area contributed by atoms with Crippen LogP contribution in [0.5, 0.6) is 0 Å². The molecule has 0 bridgehead atoms. The molecule has 5 heteroatoms. The van der Waals surface area contributed by atoms with Gasteiger partial charge in [-0.1, -0.05) is 17.7 Å². The van der Waals surface area contributed by atoms with E-state index in [4.69, 9.17) is 22.1 Å². The summed E-state index contributed by atoms with van der Waals surface area (Å²) < 4.78 is 5.94. The highest BCUT2D eigenvalue weighted by Crippen LogP contribution is 2.29. The van der Waals surface area contributed by atoms with Gasteiger partial charge in [0.25, 0.3) is 6.02 Å². The molecule has 3 nitrogen and oxygen atoms in total. The van der Waals surface area contributed by atoms with Gasteiger partial charge in [0.05, 0.1) is 5.02 Å². The van der Waals surface area contributed by atoms with Crippen LogP contribution in [0.25, 0.3) is 0 Å². The fourth-order valence-electron chi connectivity index (χ4n) is 1.28. The van der Waals surface area contributed by atoms with Gasteiger partial charge in [-0.3, -0.25) is 0 Å². The molecule has 0 fully saturated rings. The molecule has 0 saturated heterocycles. The first-order chi connectivity index (χ1) is 6.66. The summed E-state index contributed by atoms with van der Waals surface area (Å²) in [6, 6.07) is 5.92. The first kappa shape index (κ1) is 9.80. The Kier molecular flexibility index (Phi) is 2.65. The lowest BCUT2D eigenvalue weighted by Gasteiger charge is -2.06. The molecule has 1 heterocycles. The summed E-state index contributed by atoms with van der Waals surface area (Å²) in [5.41, 5.74) is 6.43. The van der Waals surface area contributed by atoms with Crippen molar-refractivity contribution in [2.75, 3.05) is 6.61 Å². The zero-order valence-corrected chi connectivity index (χ0v) is 9.55. The molecule has 0 spiro atoms. The lowest BCUT2D eigenvalue weighted by molar-refractivity contribution is 0.315. The number of ether oxygens (including phenoxy) is 1. The standard InChI is InChI=1S/C9H8BrClN2O/c10-6-2-1-5(3-7(6)11)8-4-14-9(12)13-8/h1-3,8H,4H2,(H2,12,13)/t8-/m0/s1. The van der Waals surface area contributed by atoms with Crippen molar-refractivity contribution in [2.24, 2.45) is 10.7 Å². The first-order valence-corrected chi connectivity index (χ1v) is 5.25. The molecule has 1 aliphatic rings. The lowest BCUT2D eigenvalue weighted by Crippen LogP contribution is -2.10. The van der Waals surface area contributed by atoms with Gasteiger partial charge < -0.3 is 10.5 Å². The number of nitrogens with zero attached hydrogens (tertiary/aromatic N) is 1. The Morgan fingerprint density at radius 2 is 2.36 bits per heavy atom. The molecule has 14 heavy (non-hydrogen) atoms. The number of halogens is 2. The Hall–Kier alpha value is -0.740. The molecule has 1 atom stereocenters. The zero-order valence-electron chi connectivity index (χ0n) is 7.21. The van der Waals surface area contributed by atoms with Crippen LogP contribution in [0, 0.1) is 0 Å². The third-order valence-corrected chi connectivity index (χ3v) is 3.23. The highest BCUT2D eigenvalue weighted by Gasteiger charge is 2.19. The van der Waals surface area contributed by atoms with Crippen molar-refractivity contribution in [1.29, 1.82) is 0 Å². The summed E-state index contributed by atoms with van der Waals surface area (Å²) in [6.07, 6.45) is 0. The molecule has 0 saturated carbocycles. The quantitative estimate of drug-likeness (QED) is 0.856. The van der Waals surface area contributed by atoms with Gasteiger partial charge in [0.2, 0.25) is 0 Å². The van der Waals surface area contributed by atoms with Crippen molar-refractivity contribution < 1.29 is 4.74 Å². The van der Waals surface area contributed by atoms with Crippen LogP contribution in [0.2, 0.25) is 5.02 Å². The Morgan fingerprint density at radius 1 is 1.57 bits per heavy atom. The predicted octanol–water partition coefficient (Wildman–Crippen LogP) is 2.49. The summed E-state index contributed by atoms with van der Waals surface area (Å²) in [5.74, 6) is 0. The van der Waals surface area contributed by atoms with E-state index in [1.165, 1.54) is 0 Å². The van der Waals surface area contributed by atoms with E-state index in [9.17, 15) is 0 Å². The summed E-state index contributed by atoms with van der Waals surface area (Å²) in [6.45, 7) is 0.490. The van der Waals surface area contributed by atoms with Crippen molar-refractivity contribution in [1.82, 2.24) is 0 Å². The van der Waals surface area contributed by atoms with E-state index in [-0.39, 0.29) is 12.1 Å². The maximum atomic E-state index is 5.96. The van der Waals surface area contributed by atoms with Crippen LogP contribution >= 0.6 is 27.5 Å². The van der Waals surface area contributed by atoms with Crippen LogP contribution in [-0.2, 0) is 4.74 Å². The number of amidine groups is 1. The number of benzene rings is 1. The number of rotatable bonds is 1. The second-order valence-corrected chi connectivity index (χ2v) is 4.23. The summed E-state index contributed by atoms with van der Waals surface area (Å²) in [7, 11) is 0. The summed E-state index contributed by atoms with van der Waals surface area (Å²) in [4.78, 5) is 4.13. The second kappa shape index (κ2) is 3.79. The van der Waals surface area contributed by atoms with Crippen LogP contribution in [0.3, 0.4) is 0 Å². The van der Waals surface area contributed by atoms with E-state index in [1.807, 2.05) is 18.2 Å². The van der Waals surface area contributed by atoms with Crippen molar-refractivity contribution in [3.05, 3.63) is 33.3 Å². The number of hydrogen-bond acceptors (Lipinski definition) is 3. The van der Waals surface area contributed by atoms with Crippen LogP contribution in [0.4, 0.5) is 0 Å². The Bertz CT molecular complexity index is 394. The average Bonchev–Trinajstić information content (AvgIpc) is 2.57. The van der Waals surface area contributed by atoms with Crippen molar-refractivity contribution >= 4 is 33.6 Å². The van der Waals surface area contributed by atoms with E-state index < -0.39 is 0 Å². The summed E-state index contributed by atoms with van der Waals surface area (Å²) >= 11 is 9.29. The molecular weight excluding hydrogens is 267 g/mol. The van der Waals surface area contributed by atoms with Gasteiger partial charge in [0.1, 0.15) is 12.6 Å². The van der Waals surface area contributed by atoms with Crippen molar-refractivity contribution in [2.45, 2.75) is 6.04 Å². The van der Waals surface area contributed by atoms with Gasteiger partial charge in [-0.2, -0.15) is 0 Å². The number of aliphatic imine (C=N–C) groups is 1. The van der Waals surface area contributed by atoms with Crippen LogP contribution < -0.4 is 5.73 Å². The zero-order chi connectivity index (χ0) is 10.1. The maximum absolute atomic E-state index is 5.96. The normalized spacial score (nSPS) is 20.4. The molecule has 74 valence electrons. The predicted molar refractivity (Wildman–Crippen MR) is 59.5 cm³/mol. The summed E-state index contributed by atoms with van der Waals surface area (Å²) in [5, 5.41) is 0.670. The van der Waals surface area contributed by atoms with E-state index in [2.05, 4.69) is 20.9 Å². The second-order valence-electron chi connectivity index (χ2n) is 2.97. The van der Waals surface area contributed by atoms with Gasteiger partial charge in [0.15, 0.2) is 0 Å². The molecule has 0 amide bonds. The smallest absolute Gasteiger partial charge is 0.282 e. The van der Waals surface area contributed by atoms with Crippen LogP contribution in [0.1, 0.15) is 11.6 Å². The topological polar surface area (TPSA) is 47.6 Å². The highest BCUT2D eigenvalue weighted by molar-refractivity contribution is 9.10. The van der Waals surface area contributed by atoms with Gasteiger partial charge in [0, 0.05) is 4.47 Å². The number of hydrogen-bond donors (Lipinski definition) is 1. The molecular formula is C9H8BrClN2O. The van der Waals surface area contributed by atoms with Crippen LogP contribution in [0.15, 0.2) is 27.7 Å². The molecule has 0 aromatic heterocycles. The Balaban J connectivity index is 2.29. The number of nitrogens with two attached hydrogens (primary N) is 1. The molecule has 2 N–H and O–H groups in total. The van der Waals surface area contributed by atoms with E-state index >= 15 is 0 Å². The third kappa shape index (κ3) is 1.86. The van der Waals surface area contributed by atoms with Crippen molar-refractivity contribution in [3.8, 4) is 0 Å². The van der Waals surface area contributed by atoms with E-state index in [0.717, 1.165) is 10.0 Å². The maximum Gasteiger partial charge on any atom is 0.282 e. The average molecular weight is 276 g/mol. The fourth-order valence-corrected chi connectivity index (χ4v) is 1.72. The minimum Gasteiger partial charge on any atom is -0.463 e. The van der Waals surface area contributed by atoms with E-state index in [0.29, 0.717) is 11.6 Å². The fraction of sp³-hybridized carbons (Fsp3) is 0.222. The molecule has 1 aromatic carbocycles. The Labute approximate surface area is 95.0 Å². The first-order valence-electron chi connectivity index (χ1n) is 4.08. The minimum absolute atomic E-state index is 0.0272. The molecule has 0 aliphatic carbocycles. The van der Waals surface area contributed by atoms with Gasteiger partial charge in [-0.05, 0) is 33.6 Å². The van der Waals surface area contributed by atoms with Gasteiger partial charge in [-0.25, -0.2) is 4.99 Å². The van der Waals surface area contributed by atoms with Gasteiger partial charge in [-0.15, -0.1) is 0 Å². The monoisotopic (exact) mass is 274 g/mol. The molecule has 2 rings (SSSR count). The Morgan fingerprint density at radius 3 is 2.93 bits per heavy atom. The largest absolute Gasteiger partial charge is 0.463 e. The molecule has 0 radical (unpaired) electrons. The van der Waals surface area contributed by atoms with Gasteiger partial charge >= 0.3 is 0 Å². The van der Waals surface area contributed by atoms with Crippen LogP contribution in [-0.4, -0.2) is 12.6 Å². The molecule has 0 unspecified atom stereocenters. The SMILES string of the molecule is NC1=N[C@H](c2ccc(Br)c(Cl)c2)CO1. The van der Waals surface area contributed by atoms with E-state index in [1.54, 1.807) is 0 Å². The highest BCUT2D eigenvalue weighted by atomic mass is 79.9. The minimum atomic E-state index is -0.0272. The molecule has 1 aromatic rings. The van der Waals surface area contributed by atoms with Crippen molar-refractivity contribution in [3.63, 3.8) is 0 Å². The third-order valence-electron chi connectivity index (χ3n) is 2.00.